The van der Waals surface area contributed by atoms with Gasteiger partial charge >= 0.3 is 0 Å². The van der Waals surface area contributed by atoms with Gasteiger partial charge in [0.05, 0.1) is 0 Å². The predicted molar refractivity (Wildman–Crippen MR) is 69.5 cm³/mol. The summed E-state index contributed by atoms with van der Waals surface area (Å²) in [4.78, 5) is 16.1. The van der Waals surface area contributed by atoms with Crippen LogP contribution in [-0.2, 0) is 4.79 Å². The molecule has 0 N–H and O–H groups in total. The van der Waals surface area contributed by atoms with E-state index in [2.05, 4.69) is 18.7 Å². The molecule has 3 nitrogen and oxygen atoms in total. The van der Waals surface area contributed by atoms with Gasteiger partial charge in [-0.05, 0) is 32.5 Å². The normalized spacial score (nSPS) is 19.6. The van der Waals surface area contributed by atoms with E-state index in [1.807, 2.05) is 27.9 Å². The molecule has 1 saturated heterocycles. The number of likely N-dealkylation sites (tertiary alicyclic amines) is 1. The summed E-state index contributed by atoms with van der Waals surface area (Å²) in [6.45, 7) is 11.5. The second-order valence-corrected chi connectivity index (χ2v) is 4.69. The predicted octanol–water partition coefficient (Wildman–Crippen LogP) is 2.22. The van der Waals surface area contributed by atoms with Crippen LogP contribution in [0.25, 0.3) is 0 Å². The van der Waals surface area contributed by atoms with Crippen molar-refractivity contribution in [2.24, 2.45) is 5.41 Å². The minimum atomic E-state index is -0.116. The summed E-state index contributed by atoms with van der Waals surface area (Å²) in [5.74, 6) is 0.285. The molecule has 0 aliphatic carbocycles. The zero-order valence-electron chi connectivity index (χ0n) is 11.8. The first-order valence-corrected chi connectivity index (χ1v) is 6.44. The van der Waals surface area contributed by atoms with Gasteiger partial charge in [0.15, 0.2) is 0 Å². The Hall–Kier alpha value is -0.570. The third-order valence-corrected chi connectivity index (χ3v) is 3.33. The Morgan fingerprint density at radius 2 is 1.69 bits per heavy atom. The first-order valence-electron chi connectivity index (χ1n) is 6.44. The molecular formula is C13H28N2O. The highest BCUT2D eigenvalue weighted by atomic mass is 16.2. The number of piperidine rings is 1. The van der Waals surface area contributed by atoms with Gasteiger partial charge in [-0.15, -0.1) is 0 Å². The van der Waals surface area contributed by atoms with E-state index in [1.165, 1.54) is 0 Å². The van der Waals surface area contributed by atoms with E-state index < -0.39 is 0 Å². The number of amides is 1. The highest BCUT2D eigenvalue weighted by molar-refractivity contribution is 5.82. The molecule has 1 aliphatic heterocycles. The van der Waals surface area contributed by atoms with Crippen LogP contribution in [0.3, 0.4) is 0 Å². The van der Waals surface area contributed by atoms with E-state index in [-0.39, 0.29) is 11.3 Å². The average Bonchev–Trinajstić information content (AvgIpc) is 2.31. The van der Waals surface area contributed by atoms with Crippen LogP contribution in [0.2, 0.25) is 0 Å². The van der Waals surface area contributed by atoms with Gasteiger partial charge in [0, 0.05) is 19.5 Å². The van der Waals surface area contributed by atoms with Crippen LogP contribution in [0.5, 0.6) is 0 Å². The molecule has 0 saturated carbocycles. The fraction of sp³-hybridized carbons (Fsp3) is 0.923. The molecule has 1 heterocycles. The van der Waals surface area contributed by atoms with Gasteiger partial charge in [0.1, 0.15) is 0 Å². The third kappa shape index (κ3) is 3.78. The Bertz CT molecular complexity index is 206. The van der Waals surface area contributed by atoms with Crippen molar-refractivity contribution >= 4 is 5.91 Å². The summed E-state index contributed by atoms with van der Waals surface area (Å²) < 4.78 is 0. The van der Waals surface area contributed by atoms with Crippen LogP contribution in [-0.4, -0.2) is 49.4 Å². The molecule has 0 bridgehead atoms. The van der Waals surface area contributed by atoms with Crippen molar-refractivity contribution in [2.75, 3.05) is 33.7 Å². The van der Waals surface area contributed by atoms with Crippen molar-refractivity contribution in [1.82, 2.24) is 9.80 Å². The van der Waals surface area contributed by atoms with Gasteiger partial charge in [-0.2, -0.15) is 0 Å². The summed E-state index contributed by atoms with van der Waals surface area (Å²) in [6, 6.07) is 0. The van der Waals surface area contributed by atoms with E-state index in [1.54, 1.807) is 4.90 Å². The van der Waals surface area contributed by atoms with Crippen LogP contribution < -0.4 is 0 Å². The summed E-state index contributed by atoms with van der Waals surface area (Å²) in [6.07, 6.45) is 2.00. The van der Waals surface area contributed by atoms with Gasteiger partial charge < -0.3 is 9.80 Å². The summed E-state index contributed by atoms with van der Waals surface area (Å²) in [5.41, 5.74) is -0.116. The number of rotatable bonds is 2. The summed E-state index contributed by atoms with van der Waals surface area (Å²) >= 11 is 0. The number of carbonyl (C=O) groups is 1. The molecule has 3 heteroatoms. The van der Waals surface area contributed by atoms with Gasteiger partial charge in [0.2, 0.25) is 5.91 Å². The molecular weight excluding hydrogens is 200 g/mol. The average molecular weight is 228 g/mol. The second kappa shape index (κ2) is 6.89. The summed E-state index contributed by atoms with van der Waals surface area (Å²) in [7, 11) is 3.69. The van der Waals surface area contributed by atoms with Crippen LogP contribution in [0.15, 0.2) is 0 Å². The molecule has 0 aromatic heterocycles. The van der Waals surface area contributed by atoms with Crippen LogP contribution >= 0.6 is 0 Å². The van der Waals surface area contributed by atoms with E-state index in [9.17, 15) is 4.79 Å². The minimum Gasteiger partial charge on any atom is -0.348 e. The van der Waals surface area contributed by atoms with Crippen LogP contribution in [0, 0.1) is 5.41 Å². The molecule has 0 atom stereocenters. The molecule has 0 unspecified atom stereocenters. The Labute approximate surface area is 101 Å². The molecule has 1 aliphatic rings. The van der Waals surface area contributed by atoms with Gasteiger partial charge in [0.25, 0.3) is 0 Å². The maximum atomic E-state index is 11.9. The van der Waals surface area contributed by atoms with Crippen molar-refractivity contribution in [2.45, 2.75) is 40.5 Å². The Kier molecular flexibility index (Phi) is 6.65. The lowest BCUT2D eigenvalue weighted by Gasteiger charge is -2.39. The Morgan fingerprint density at radius 1 is 1.25 bits per heavy atom. The SMILES string of the molecule is CC.CCN1CCC(C)(C(=O)N(C)C)CC1. The highest BCUT2D eigenvalue weighted by Crippen LogP contribution is 2.32. The first kappa shape index (κ1) is 15.4. The fourth-order valence-electron chi connectivity index (χ4n) is 2.12. The molecule has 16 heavy (non-hydrogen) atoms. The second-order valence-electron chi connectivity index (χ2n) is 4.69. The van der Waals surface area contributed by atoms with Crippen LogP contribution in [0.4, 0.5) is 0 Å². The Balaban J connectivity index is 0.00000106. The van der Waals surface area contributed by atoms with Crippen LogP contribution in [0.1, 0.15) is 40.5 Å². The lowest BCUT2D eigenvalue weighted by molar-refractivity contribution is -0.141. The Morgan fingerprint density at radius 3 is 2.00 bits per heavy atom. The number of carbonyl (C=O) groups excluding carboxylic acids is 1. The van der Waals surface area contributed by atoms with Crippen molar-refractivity contribution in [3.05, 3.63) is 0 Å². The van der Waals surface area contributed by atoms with Crippen molar-refractivity contribution in [1.29, 1.82) is 0 Å². The lowest BCUT2D eigenvalue weighted by atomic mass is 9.79. The van der Waals surface area contributed by atoms with E-state index in [4.69, 9.17) is 0 Å². The highest BCUT2D eigenvalue weighted by Gasteiger charge is 2.37. The number of nitrogens with zero attached hydrogens (tertiary/aromatic N) is 2. The van der Waals surface area contributed by atoms with Gasteiger partial charge in [-0.3, -0.25) is 4.79 Å². The molecule has 0 aromatic rings. The molecule has 0 aromatic carbocycles. The zero-order chi connectivity index (χ0) is 12.8. The molecule has 1 fully saturated rings. The zero-order valence-corrected chi connectivity index (χ0v) is 11.8. The maximum Gasteiger partial charge on any atom is 0.228 e. The lowest BCUT2D eigenvalue weighted by Crippen LogP contribution is -2.46. The monoisotopic (exact) mass is 228 g/mol. The standard InChI is InChI=1S/C11H22N2O.C2H6/c1-5-13-8-6-11(2,7-9-13)10(14)12(3)4;1-2/h5-9H2,1-4H3;1-2H3. The molecule has 1 amide bonds. The first-order chi connectivity index (χ1) is 7.49. The molecule has 0 spiro atoms. The molecule has 96 valence electrons. The van der Waals surface area contributed by atoms with Crippen molar-refractivity contribution in [3.8, 4) is 0 Å². The topological polar surface area (TPSA) is 23.6 Å². The van der Waals surface area contributed by atoms with Gasteiger partial charge in [-0.25, -0.2) is 0 Å². The van der Waals surface area contributed by atoms with E-state index in [0.29, 0.717) is 0 Å². The quantitative estimate of drug-likeness (QED) is 0.723. The van der Waals surface area contributed by atoms with E-state index in [0.717, 1.165) is 32.5 Å². The largest absolute Gasteiger partial charge is 0.348 e. The van der Waals surface area contributed by atoms with E-state index >= 15 is 0 Å². The summed E-state index contributed by atoms with van der Waals surface area (Å²) in [5, 5.41) is 0. The smallest absolute Gasteiger partial charge is 0.228 e. The van der Waals surface area contributed by atoms with Gasteiger partial charge in [-0.1, -0.05) is 27.7 Å². The van der Waals surface area contributed by atoms with Crippen molar-refractivity contribution in [3.63, 3.8) is 0 Å². The maximum absolute atomic E-state index is 11.9. The number of hydrogen-bond acceptors (Lipinski definition) is 2. The molecule has 0 radical (unpaired) electrons. The number of hydrogen-bond donors (Lipinski definition) is 0. The third-order valence-electron chi connectivity index (χ3n) is 3.33. The fourth-order valence-corrected chi connectivity index (χ4v) is 2.12. The molecule has 1 rings (SSSR count). The van der Waals surface area contributed by atoms with Crippen molar-refractivity contribution < 1.29 is 4.79 Å². The minimum absolute atomic E-state index is 0.116.